The van der Waals surface area contributed by atoms with Crippen LogP contribution in [0.2, 0.25) is 0 Å². The fraction of sp³-hybridized carbons (Fsp3) is 0.368. The minimum absolute atomic E-state index is 0.287. The summed E-state index contributed by atoms with van der Waals surface area (Å²) in [5.41, 5.74) is 3.11. The standard InChI is InChI=1S/C19H21FN4/c1-13-11-18(16-7-4-8-17(20)19(16)22-13)21-12-14-9-10-24(23-14)15-5-2-3-6-15/h4,7-11,15H,2-3,5-6,12H2,1H3,(H,21,22). The number of benzene rings is 1. The number of anilines is 1. The molecule has 0 amide bonds. The Labute approximate surface area is 140 Å². The lowest BCUT2D eigenvalue weighted by molar-refractivity contribution is 0.463. The van der Waals surface area contributed by atoms with E-state index in [0.29, 0.717) is 18.1 Å². The molecule has 0 radical (unpaired) electrons. The number of halogens is 1. The molecule has 0 saturated heterocycles. The average Bonchev–Trinajstić information content (AvgIpc) is 3.25. The minimum Gasteiger partial charge on any atom is -0.379 e. The number of nitrogens with one attached hydrogen (secondary N) is 1. The fourth-order valence-corrected chi connectivity index (χ4v) is 3.52. The van der Waals surface area contributed by atoms with Crippen LogP contribution in [0.3, 0.4) is 0 Å². The zero-order valence-electron chi connectivity index (χ0n) is 13.8. The summed E-state index contributed by atoms with van der Waals surface area (Å²) in [6.45, 7) is 2.50. The van der Waals surface area contributed by atoms with Crippen LogP contribution in [0.1, 0.15) is 43.1 Å². The molecule has 2 aromatic heterocycles. The topological polar surface area (TPSA) is 42.7 Å². The molecule has 0 aliphatic heterocycles. The van der Waals surface area contributed by atoms with Crippen molar-refractivity contribution in [2.24, 2.45) is 0 Å². The molecular weight excluding hydrogens is 303 g/mol. The van der Waals surface area contributed by atoms with Crippen molar-refractivity contribution >= 4 is 16.6 Å². The molecule has 4 rings (SSSR count). The molecule has 5 heteroatoms. The van der Waals surface area contributed by atoms with Gasteiger partial charge in [-0.15, -0.1) is 0 Å². The Morgan fingerprint density at radius 3 is 2.92 bits per heavy atom. The number of aryl methyl sites for hydroxylation is 1. The summed E-state index contributed by atoms with van der Waals surface area (Å²) in [5, 5.41) is 8.89. The van der Waals surface area contributed by atoms with E-state index in [0.717, 1.165) is 22.5 Å². The summed E-state index contributed by atoms with van der Waals surface area (Å²) >= 11 is 0. The molecule has 2 heterocycles. The molecule has 24 heavy (non-hydrogen) atoms. The quantitative estimate of drug-likeness (QED) is 0.762. The number of hydrogen-bond donors (Lipinski definition) is 1. The summed E-state index contributed by atoms with van der Waals surface area (Å²) in [6.07, 6.45) is 7.12. The Bertz CT molecular complexity index is 865. The number of hydrogen-bond acceptors (Lipinski definition) is 3. The molecule has 3 aromatic rings. The SMILES string of the molecule is Cc1cc(NCc2ccn(C3CCCC3)n2)c2cccc(F)c2n1. The average molecular weight is 324 g/mol. The van der Waals surface area contributed by atoms with Crippen LogP contribution in [0.4, 0.5) is 10.1 Å². The third-order valence-electron chi connectivity index (χ3n) is 4.74. The van der Waals surface area contributed by atoms with Crippen LogP contribution in [0.15, 0.2) is 36.5 Å². The predicted octanol–water partition coefficient (Wildman–Crippen LogP) is 4.61. The molecule has 1 N–H and O–H groups in total. The molecule has 1 aromatic carbocycles. The Hall–Kier alpha value is -2.43. The number of rotatable bonds is 4. The zero-order valence-corrected chi connectivity index (χ0v) is 13.8. The van der Waals surface area contributed by atoms with Crippen molar-refractivity contribution in [2.45, 2.75) is 45.2 Å². The normalized spacial score (nSPS) is 15.2. The largest absolute Gasteiger partial charge is 0.379 e. The number of nitrogens with zero attached hydrogens (tertiary/aromatic N) is 3. The Kier molecular flexibility index (Phi) is 3.92. The van der Waals surface area contributed by atoms with E-state index in [2.05, 4.69) is 27.2 Å². The maximum absolute atomic E-state index is 14.0. The van der Waals surface area contributed by atoms with Gasteiger partial charge in [-0.05, 0) is 38.0 Å². The van der Waals surface area contributed by atoms with Crippen LogP contribution in [-0.2, 0) is 6.54 Å². The van der Waals surface area contributed by atoms with Crippen molar-refractivity contribution < 1.29 is 4.39 Å². The van der Waals surface area contributed by atoms with E-state index >= 15 is 0 Å². The highest BCUT2D eigenvalue weighted by Crippen LogP contribution is 2.29. The van der Waals surface area contributed by atoms with E-state index in [4.69, 9.17) is 5.10 Å². The maximum atomic E-state index is 14.0. The fourth-order valence-electron chi connectivity index (χ4n) is 3.52. The van der Waals surface area contributed by atoms with Gasteiger partial charge in [-0.2, -0.15) is 5.10 Å². The second-order valence-corrected chi connectivity index (χ2v) is 6.53. The number of pyridine rings is 1. The van der Waals surface area contributed by atoms with Crippen LogP contribution in [0, 0.1) is 12.7 Å². The molecule has 124 valence electrons. The van der Waals surface area contributed by atoms with Crippen LogP contribution in [0.25, 0.3) is 10.9 Å². The molecule has 1 saturated carbocycles. The van der Waals surface area contributed by atoms with E-state index in [-0.39, 0.29) is 5.82 Å². The molecule has 1 aliphatic carbocycles. The smallest absolute Gasteiger partial charge is 0.149 e. The summed E-state index contributed by atoms with van der Waals surface area (Å²) < 4.78 is 16.1. The molecular formula is C19H21FN4. The Balaban J connectivity index is 1.55. The van der Waals surface area contributed by atoms with Gasteiger partial charge in [0.25, 0.3) is 0 Å². The summed E-state index contributed by atoms with van der Waals surface area (Å²) in [5.74, 6) is -0.287. The van der Waals surface area contributed by atoms with Gasteiger partial charge in [-0.25, -0.2) is 9.37 Å². The van der Waals surface area contributed by atoms with Gasteiger partial charge in [0.05, 0.1) is 18.3 Å². The second kappa shape index (κ2) is 6.23. The molecule has 1 aliphatic rings. The lowest BCUT2D eigenvalue weighted by Gasteiger charge is -2.11. The van der Waals surface area contributed by atoms with Gasteiger partial charge in [0.2, 0.25) is 0 Å². The maximum Gasteiger partial charge on any atom is 0.149 e. The highest BCUT2D eigenvalue weighted by molar-refractivity contribution is 5.91. The first-order valence-electron chi connectivity index (χ1n) is 8.54. The van der Waals surface area contributed by atoms with Gasteiger partial charge in [0, 0.05) is 23.0 Å². The third kappa shape index (κ3) is 2.86. The van der Waals surface area contributed by atoms with E-state index in [9.17, 15) is 4.39 Å². The van der Waals surface area contributed by atoms with Gasteiger partial charge in [0.15, 0.2) is 0 Å². The van der Waals surface area contributed by atoms with Crippen molar-refractivity contribution in [3.05, 3.63) is 53.7 Å². The van der Waals surface area contributed by atoms with Crippen LogP contribution < -0.4 is 5.32 Å². The van der Waals surface area contributed by atoms with E-state index in [1.807, 2.05) is 19.1 Å². The first kappa shape index (κ1) is 15.1. The summed E-state index contributed by atoms with van der Waals surface area (Å²) in [4.78, 5) is 4.31. The van der Waals surface area contributed by atoms with Crippen LogP contribution >= 0.6 is 0 Å². The van der Waals surface area contributed by atoms with Crippen molar-refractivity contribution in [3.8, 4) is 0 Å². The lowest BCUT2D eigenvalue weighted by Crippen LogP contribution is -2.07. The first-order valence-corrected chi connectivity index (χ1v) is 8.54. The summed E-state index contributed by atoms with van der Waals surface area (Å²) in [7, 11) is 0. The Morgan fingerprint density at radius 1 is 1.25 bits per heavy atom. The van der Waals surface area contributed by atoms with E-state index in [1.54, 1.807) is 6.07 Å². The van der Waals surface area contributed by atoms with Gasteiger partial charge >= 0.3 is 0 Å². The number of para-hydroxylation sites is 1. The third-order valence-corrected chi connectivity index (χ3v) is 4.74. The monoisotopic (exact) mass is 324 g/mol. The highest BCUT2D eigenvalue weighted by atomic mass is 19.1. The van der Waals surface area contributed by atoms with E-state index < -0.39 is 0 Å². The first-order chi connectivity index (χ1) is 11.7. The van der Waals surface area contributed by atoms with Gasteiger partial charge in [-0.1, -0.05) is 25.0 Å². The lowest BCUT2D eigenvalue weighted by atomic mass is 10.1. The molecule has 0 unspecified atom stereocenters. The van der Waals surface area contributed by atoms with Crippen molar-refractivity contribution in [3.63, 3.8) is 0 Å². The summed E-state index contributed by atoms with van der Waals surface area (Å²) in [6, 6.07) is 9.62. The van der Waals surface area contributed by atoms with Gasteiger partial charge in [-0.3, -0.25) is 4.68 Å². The molecule has 0 atom stereocenters. The number of aromatic nitrogens is 3. The van der Waals surface area contributed by atoms with Crippen molar-refractivity contribution in [1.82, 2.24) is 14.8 Å². The molecule has 1 fully saturated rings. The molecule has 0 spiro atoms. The van der Waals surface area contributed by atoms with Crippen molar-refractivity contribution in [1.29, 1.82) is 0 Å². The van der Waals surface area contributed by atoms with Gasteiger partial charge in [0.1, 0.15) is 11.3 Å². The van der Waals surface area contributed by atoms with Crippen LogP contribution in [-0.4, -0.2) is 14.8 Å². The molecule has 0 bridgehead atoms. The van der Waals surface area contributed by atoms with Gasteiger partial charge < -0.3 is 5.32 Å². The molecule has 4 nitrogen and oxygen atoms in total. The minimum atomic E-state index is -0.287. The highest BCUT2D eigenvalue weighted by Gasteiger charge is 2.17. The van der Waals surface area contributed by atoms with Crippen LogP contribution in [0.5, 0.6) is 0 Å². The Morgan fingerprint density at radius 2 is 2.08 bits per heavy atom. The second-order valence-electron chi connectivity index (χ2n) is 6.53. The number of fused-ring (bicyclic) bond motifs is 1. The van der Waals surface area contributed by atoms with E-state index in [1.165, 1.54) is 31.7 Å². The zero-order chi connectivity index (χ0) is 16.5. The predicted molar refractivity (Wildman–Crippen MR) is 93.5 cm³/mol. The van der Waals surface area contributed by atoms with Crippen molar-refractivity contribution in [2.75, 3.05) is 5.32 Å².